The number of carbonyl (C=O) groups is 1. The molecule has 0 spiro atoms. The molecule has 0 bridgehead atoms. The quantitative estimate of drug-likeness (QED) is 0.912. The summed E-state index contributed by atoms with van der Waals surface area (Å²) in [5.74, 6) is 0.0360. The van der Waals surface area contributed by atoms with Gasteiger partial charge in [-0.1, -0.05) is 41.9 Å². The number of amides is 1. The van der Waals surface area contributed by atoms with Gasteiger partial charge in [0, 0.05) is 17.3 Å². The van der Waals surface area contributed by atoms with Crippen molar-refractivity contribution in [1.82, 2.24) is 5.32 Å². The molecule has 1 aliphatic heterocycles. The summed E-state index contributed by atoms with van der Waals surface area (Å²) in [6.07, 6.45) is 1.70. The van der Waals surface area contributed by atoms with Gasteiger partial charge in [-0.2, -0.15) is 0 Å². The van der Waals surface area contributed by atoms with Crippen molar-refractivity contribution >= 4 is 23.2 Å². The van der Waals surface area contributed by atoms with Crippen molar-refractivity contribution in [3.63, 3.8) is 0 Å². The highest BCUT2D eigenvalue weighted by molar-refractivity contribution is 6.30. The molecule has 0 aromatic heterocycles. The standard InChI is InChI=1S/C17H17ClN2O/c18-14-8-5-12(6-9-14)11-19-16-10-7-13-3-1-2-4-15(13)20-17(16)21/h1-6,8-9,16,19H,7,10-11H2,(H,20,21). The summed E-state index contributed by atoms with van der Waals surface area (Å²) in [6, 6.07) is 15.5. The lowest BCUT2D eigenvalue weighted by molar-refractivity contribution is -0.118. The van der Waals surface area contributed by atoms with Gasteiger partial charge in [-0.3, -0.25) is 4.79 Å². The van der Waals surface area contributed by atoms with E-state index in [1.54, 1.807) is 0 Å². The van der Waals surface area contributed by atoms with Gasteiger partial charge < -0.3 is 10.6 Å². The first kappa shape index (κ1) is 14.1. The van der Waals surface area contributed by atoms with E-state index in [1.807, 2.05) is 42.5 Å². The van der Waals surface area contributed by atoms with Crippen LogP contribution in [0.5, 0.6) is 0 Å². The fourth-order valence-electron chi connectivity index (χ4n) is 2.55. The van der Waals surface area contributed by atoms with Crippen LogP contribution in [0.4, 0.5) is 5.69 Å². The zero-order chi connectivity index (χ0) is 14.7. The highest BCUT2D eigenvalue weighted by atomic mass is 35.5. The lowest BCUT2D eigenvalue weighted by atomic mass is 10.1. The summed E-state index contributed by atoms with van der Waals surface area (Å²) in [5.41, 5.74) is 3.24. The number of carbonyl (C=O) groups excluding carboxylic acids is 1. The van der Waals surface area contributed by atoms with Crippen molar-refractivity contribution in [3.8, 4) is 0 Å². The zero-order valence-electron chi connectivity index (χ0n) is 11.6. The van der Waals surface area contributed by atoms with Gasteiger partial charge in [0.15, 0.2) is 0 Å². The second kappa shape index (κ2) is 6.29. The fourth-order valence-corrected chi connectivity index (χ4v) is 2.68. The molecule has 2 aromatic rings. The molecule has 1 unspecified atom stereocenters. The molecule has 2 aromatic carbocycles. The predicted molar refractivity (Wildman–Crippen MR) is 85.5 cm³/mol. The van der Waals surface area contributed by atoms with Gasteiger partial charge in [-0.15, -0.1) is 0 Å². The van der Waals surface area contributed by atoms with E-state index in [1.165, 1.54) is 5.56 Å². The molecule has 3 rings (SSSR count). The molecule has 1 heterocycles. The third-order valence-corrected chi connectivity index (χ3v) is 4.01. The summed E-state index contributed by atoms with van der Waals surface area (Å²) in [5, 5.41) is 7.05. The minimum Gasteiger partial charge on any atom is -0.324 e. The van der Waals surface area contributed by atoms with Crippen LogP contribution in [0, 0.1) is 0 Å². The summed E-state index contributed by atoms with van der Waals surface area (Å²) < 4.78 is 0. The summed E-state index contributed by atoms with van der Waals surface area (Å²) in [6.45, 7) is 0.658. The Hall–Kier alpha value is -1.84. The molecule has 4 heteroatoms. The van der Waals surface area contributed by atoms with E-state index in [2.05, 4.69) is 16.7 Å². The highest BCUT2D eigenvalue weighted by Crippen LogP contribution is 2.21. The molecule has 1 aliphatic rings. The normalized spacial score (nSPS) is 17.8. The van der Waals surface area contributed by atoms with Gasteiger partial charge in [0.1, 0.15) is 0 Å². The van der Waals surface area contributed by atoms with E-state index >= 15 is 0 Å². The monoisotopic (exact) mass is 300 g/mol. The maximum atomic E-state index is 12.3. The molecule has 2 N–H and O–H groups in total. The molecule has 21 heavy (non-hydrogen) atoms. The number of aryl methyl sites for hydroxylation is 1. The minimum absolute atomic E-state index is 0.0360. The molecular weight excluding hydrogens is 284 g/mol. The molecule has 0 aliphatic carbocycles. The van der Waals surface area contributed by atoms with Crippen molar-refractivity contribution in [2.45, 2.75) is 25.4 Å². The van der Waals surface area contributed by atoms with Crippen molar-refractivity contribution in [1.29, 1.82) is 0 Å². The van der Waals surface area contributed by atoms with Crippen LogP contribution in [0.3, 0.4) is 0 Å². The Bertz CT molecular complexity index is 639. The zero-order valence-corrected chi connectivity index (χ0v) is 12.4. The molecule has 108 valence electrons. The Morgan fingerprint density at radius 1 is 1.14 bits per heavy atom. The summed E-state index contributed by atoms with van der Waals surface area (Å²) in [7, 11) is 0. The smallest absolute Gasteiger partial charge is 0.241 e. The lowest BCUT2D eigenvalue weighted by Gasteiger charge is -2.15. The van der Waals surface area contributed by atoms with Crippen LogP contribution in [-0.4, -0.2) is 11.9 Å². The van der Waals surface area contributed by atoms with Crippen molar-refractivity contribution in [2.75, 3.05) is 5.32 Å². The summed E-state index contributed by atoms with van der Waals surface area (Å²) >= 11 is 5.87. The Labute approximate surface area is 129 Å². The molecule has 1 atom stereocenters. The van der Waals surface area contributed by atoms with Crippen LogP contribution < -0.4 is 10.6 Å². The molecular formula is C17H17ClN2O. The molecule has 3 nitrogen and oxygen atoms in total. The first-order valence-corrected chi connectivity index (χ1v) is 7.47. The highest BCUT2D eigenvalue weighted by Gasteiger charge is 2.22. The second-order valence-corrected chi connectivity index (χ2v) is 5.68. The third kappa shape index (κ3) is 3.43. The van der Waals surface area contributed by atoms with Gasteiger partial charge in [0.05, 0.1) is 6.04 Å². The average molecular weight is 301 g/mol. The van der Waals surface area contributed by atoms with E-state index < -0.39 is 0 Å². The number of halogens is 1. The number of hydrogen-bond donors (Lipinski definition) is 2. The number of anilines is 1. The van der Waals surface area contributed by atoms with Gasteiger partial charge in [0.2, 0.25) is 5.91 Å². The van der Waals surface area contributed by atoms with Gasteiger partial charge >= 0.3 is 0 Å². The van der Waals surface area contributed by atoms with Crippen LogP contribution in [0.25, 0.3) is 0 Å². The van der Waals surface area contributed by atoms with Crippen LogP contribution >= 0.6 is 11.6 Å². The topological polar surface area (TPSA) is 41.1 Å². The van der Waals surface area contributed by atoms with Crippen LogP contribution in [0.1, 0.15) is 17.5 Å². The van der Waals surface area contributed by atoms with E-state index in [0.717, 1.165) is 29.1 Å². The number of hydrogen-bond acceptors (Lipinski definition) is 2. The van der Waals surface area contributed by atoms with Gasteiger partial charge in [-0.25, -0.2) is 0 Å². The third-order valence-electron chi connectivity index (χ3n) is 3.76. The maximum absolute atomic E-state index is 12.3. The number of fused-ring (bicyclic) bond motifs is 1. The molecule has 0 saturated carbocycles. The van der Waals surface area contributed by atoms with Gasteiger partial charge in [-0.05, 0) is 42.2 Å². The van der Waals surface area contributed by atoms with Crippen LogP contribution in [-0.2, 0) is 17.8 Å². The SMILES string of the molecule is O=C1Nc2ccccc2CCC1NCc1ccc(Cl)cc1. The molecule has 0 saturated heterocycles. The first-order chi connectivity index (χ1) is 10.2. The second-order valence-electron chi connectivity index (χ2n) is 5.25. The van der Waals surface area contributed by atoms with E-state index in [4.69, 9.17) is 11.6 Å². The number of benzene rings is 2. The van der Waals surface area contributed by atoms with Crippen molar-refractivity contribution in [2.24, 2.45) is 0 Å². The largest absolute Gasteiger partial charge is 0.324 e. The fraction of sp³-hybridized carbons (Fsp3) is 0.235. The molecule has 1 amide bonds. The number of rotatable bonds is 3. The van der Waals surface area contributed by atoms with E-state index in [0.29, 0.717) is 6.54 Å². The summed E-state index contributed by atoms with van der Waals surface area (Å²) in [4.78, 5) is 12.3. The Morgan fingerprint density at radius 2 is 1.90 bits per heavy atom. The number of para-hydroxylation sites is 1. The van der Waals surface area contributed by atoms with Crippen molar-refractivity contribution < 1.29 is 4.79 Å². The van der Waals surface area contributed by atoms with E-state index in [-0.39, 0.29) is 11.9 Å². The minimum atomic E-state index is -0.173. The van der Waals surface area contributed by atoms with E-state index in [9.17, 15) is 4.79 Å². The Balaban J connectivity index is 1.64. The Kier molecular flexibility index (Phi) is 4.23. The molecule has 0 fully saturated rings. The average Bonchev–Trinajstić information content (AvgIpc) is 2.65. The predicted octanol–water partition coefficient (Wildman–Crippen LogP) is 3.38. The first-order valence-electron chi connectivity index (χ1n) is 7.09. The number of nitrogens with one attached hydrogen (secondary N) is 2. The lowest BCUT2D eigenvalue weighted by Crippen LogP contribution is -2.39. The van der Waals surface area contributed by atoms with Crippen molar-refractivity contribution in [3.05, 3.63) is 64.7 Å². The van der Waals surface area contributed by atoms with Crippen LogP contribution in [0.2, 0.25) is 5.02 Å². The maximum Gasteiger partial charge on any atom is 0.241 e. The Morgan fingerprint density at radius 3 is 2.71 bits per heavy atom. The van der Waals surface area contributed by atoms with Gasteiger partial charge in [0.25, 0.3) is 0 Å². The molecule has 0 radical (unpaired) electrons. The van der Waals surface area contributed by atoms with Crippen LogP contribution in [0.15, 0.2) is 48.5 Å².